The second-order valence-electron chi connectivity index (χ2n) is 4.17. The van der Waals surface area contributed by atoms with E-state index in [9.17, 15) is 9.18 Å². The highest BCUT2D eigenvalue weighted by Crippen LogP contribution is 2.28. The minimum Gasteiger partial charge on any atom is -0.281 e. The smallest absolute Gasteiger partial charge is 0.229 e. The molecule has 0 aliphatic rings. The van der Waals surface area contributed by atoms with E-state index in [-0.39, 0.29) is 6.42 Å². The summed E-state index contributed by atoms with van der Waals surface area (Å²) >= 11 is 11.7. The summed E-state index contributed by atoms with van der Waals surface area (Å²) in [6.07, 6.45) is 0.281. The van der Waals surface area contributed by atoms with E-state index in [4.69, 9.17) is 23.2 Å². The summed E-state index contributed by atoms with van der Waals surface area (Å²) in [7, 11) is 0. The molecule has 0 aliphatic carbocycles. The Kier molecular flexibility index (Phi) is 4.56. The predicted molar refractivity (Wildman–Crippen MR) is 75.2 cm³/mol. The number of hydrogen-bond acceptors (Lipinski definition) is 1. The molecule has 1 atom stereocenters. The Morgan fingerprint density at radius 2 is 1.74 bits per heavy atom. The molecule has 0 aliphatic heterocycles. The van der Waals surface area contributed by atoms with Gasteiger partial charge in [-0.2, -0.15) is 0 Å². The highest BCUT2D eigenvalue weighted by molar-refractivity contribution is 6.64. The van der Waals surface area contributed by atoms with Crippen molar-refractivity contribution in [3.05, 3.63) is 70.5 Å². The monoisotopic (exact) mass is 296 g/mol. The molecule has 2 aromatic carbocycles. The lowest BCUT2D eigenvalue weighted by molar-refractivity contribution is -0.113. The number of rotatable bonds is 4. The number of hydrogen-bond donors (Lipinski definition) is 0. The zero-order chi connectivity index (χ0) is 13.8. The second-order valence-corrected chi connectivity index (χ2v) is 4.95. The zero-order valence-corrected chi connectivity index (χ0v) is 11.5. The van der Waals surface area contributed by atoms with Crippen molar-refractivity contribution >= 4 is 28.4 Å². The van der Waals surface area contributed by atoms with Gasteiger partial charge in [-0.05, 0) is 41.3 Å². The maximum atomic E-state index is 13.8. The van der Waals surface area contributed by atoms with Gasteiger partial charge in [0.25, 0.3) is 0 Å². The van der Waals surface area contributed by atoms with Crippen LogP contribution in [-0.4, -0.2) is 5.24 Å². The van der Waals surface area contributed by atoms with E-state index in [1.54, 1.807) is 36.4 Å². The Morgan fingerprint density at radius 1 is 1.11 bits per heavy atom. The van der Waals surface area contributed by atoms with Gasteiger partial charge in [-0.3, -0.25) is 4.79 Å². The van der Waals surface area contributed by atoms with Gasteiger partial charge in [0.15, 0.2) is 0 Å². The molecule has 0 aromatic heterocycles. The van der Waals surface area contributed by atoms with E-state index in [0.29, 0.717) is 10.6 Å². The predicted octanol–water partition coefficient (Wildman–Crippen LogP) is 4.57. The minimum atomic E-state index is -0.734. The SMILES string of the molecule is O=C(Cl)C(Cc1ccccc1Cl)c1ccccc1F. The van der Waals surface area contributed by atoms with Crippen molar-refractivity contribution in [3.8, 4) is 0 Å². The number of benzene rings is 2. The molecule has 1 unspecified atom stereocenters. The van der Waals surface area contributed by atoms with Gasteiger partial charge in [0.1, 0.15) is 5.82 Å². The fraction of sp³-hybridized carbons (Fsp3) is 0.133. The fourth-order valence-corrected chi connectivity index (χ4v) is 2.36. The van der Waals surface area contributed by atoms with E-state index < -0.39 is 17.0 Å². The van der Waals surface area contributed by atoms with E-state index in [1.165, 1.54) is 6.07 Å². The molecule has 1 nitrogen and oxygen atoms in total. The van der Waals surface area contributed by atoms with Gasteiger partial charge >= 0.3 is 0 Å². The Balaban J connectivity index is 2.35. The Labute approximate surface area is 121 Å². The van der Waals surface area contributed by atoms with Crippen LogP contribution in [0.5, 0.6) is 0 Å². The summed E-state index contributed by atoms with van der Waals surface area (Å²) in [5, 5.41) is -0.0493. The zero-order valence-electron chi connectivity index (χ0n) is 9.95. The van der Waals surface area contributed by atoms with Crippen molar-refractivity contribution < 1.29 is 9.18 Å². The third-order valence-electron chi connectivity index (χ3n) is 2.94. The Morgan fingerprint density at radius 3 is 2.37 bits per heavy atom. The van der Waals surface area contributed by atoms with Gasteiger partial charge in [0.2, 0.25) is 5.24 Å². The first-order chi connectivity index (χ1) is 9.09. The molecule has 0 saturated carbocycles. The van der Waals surface area contributed by atoms with Crippen molar-refractivity contribution in [2.45, 2.75) is 12.3 Å². The molecule has 0 bridgehead atoms. The molecule has 0 N–H and O–H groups in total. The topological polar surface area (TPSA) is 17.1 Å². The third kappa shape index (κ3) is 3.34. The molecule has 2 aromatic rings. The summed E-state index contributed by atoms with van der Waals surface area (Å²) < 4.78 is 13.8. The molecule has 0 heterocycles. The number of halogens is 3. The molecule has 0 spiro atoms. The molecule has 0 radical (unpaired) electrons. The largest absolute Gasteiger partial charge is 0.281 e. The maximum Gasteiger partial charge on any atom is 0.229 e. The molecular weight excluding hydrogens is 286 g/mol. The summed E-state index contributed by atoms with van der Waals surface area (Å²) in [4.78, 5) is 11.6. The standard InChI is InChI=1S/C15H11Cl2FO/c16-13-7-3-1-5-10(13)9-12(15(17)19)11-6-2-4-8-14(11)18/h1-8,12H,9H2. The van der Waals surface area contributed by atoms with Crippen LogP contribution in [0.2, 0.25) is 5.02 Å². The van der Waals surface area contributed by atoms with Crippen LogP contribution >= 0.6 is 23.2 Å². The molecule has 19 heavy (non-hydrogen) atoms. The highest BCUT2D eigenvalue weighted by Gasteiger charge is 2.23. The average Bonchev–Trinajstić information content (AvgIpc) is 2.38. The summed E-state index contributed by atoms with van der Waals surface area (Å²) in [5.41, 5.74) is 1.06. The van der Waals surface area contributed by atoms with Gasteiger partial charge in [-0.1, -0.05) is 48.0 Å². The van der Waals surface area contributed by atoms with Crippen molar-refractivity contribution in [2.24, 2.45) is 0 Å². The summed E-state index contributed by atoms with van der Waals surface area (Å²) in [6.45, 7) is 0. The number of carbonyl (C=O) groups is 1. The number of carbonyl (C=O) groups excluding carboxylic acids is 1. The van der Waals surface area contributed by atoms with Crippen LogP contribution in [0.25, 0.3) is 0 Å². The van der Waals surface area contributed by atoms with Crippen molar-refractivity contribution in [2.75, 3.05) is 0 Å². The van der Waals surface area contributed by atoms with Gasteiger partial charge in [-0.25, -0.2) is 4.39 Å². The van der Waals surface area contributed by atoms with Crippen LogP contribution in [0.15, 0.2) is 48.5 Å². The lowest BCUT2D eigenvalue weighted by Gasteiger charge is -2.14. The second kappa shape index (κ2) is 6.18. The molecule has 2 rings (SSSR count). The summed E-state index contributed by atoms with van der Waals surface area (Å²) in [6, 6.07) is 13.3. The van der Waals surface area contributed by atoms with Crippen molar-refractivity contribution in [1.29, 1.82) is 0 Å². The van der Waals surface area contributed by atoms with Crippen LogP contribution in [0.4, 0.5) is 4.39 Å². The average molecular weight is 297 g/mol. The van der Waals surface area contributed by atoms with Crippen LogP contribution in [0.3, 0.4) is 0 Å². The van der Waals surface area contributed by atoms with Crippen LogP contribution in [0, 0.1) is 5.82 Å². The van der Waals surface area contributed by atoms with E-state index in [0.717, 1.165) is 5.56 Å². The lowest BCUT2D eigenvalue weighted by Crippen LogP contribution is -2.12. The normalized spacial score (nSPS) is 12.2. The highest BCUT2D eigenvalue weighted by atomic mass is 35.5. The first-order valence-electron chi connectivity index (χ1n) is 5.76. The van der Waals surface area contributed by atoms with Gasteiger partial charge in [-0.15, -0.1) is 0 Å². The lowest BCUT2D eigenvalue weighted by atomic mass is 9.92. The summed E-state index contributed by atoms with van der Waals surface area (Å²) in [5.74, 6) is -1.17. The fourth-order valence-electron chi connectivity index (χ4n) is 1.95. The first-order valence-corrected chi connectivity index (χ1v) is 6.52. The van der Waals surface area contributed by atoms with Crippen molar-refractivity contribution in [1.82, 2.24) is 0 Å². The quantitative estimate of drug-likeness (QED) is 0.755. The van der Waals surface area contributed by atoms with E-state index in [1.807, 2.05) is 6.07 Å². The Hall–Kier alpha value is -1.38. The van der Waals surface area contributed by atoms with Gasteiger partial charge in [0, 0.05) is 5.02 Å². The van der Waals surface area contributed by atoms with Gasteiger partial charge in [0.05, 0.1) is 5.92 Å². The molecule has 98 valence electrons. The maximum absolute atomic E-state index is 13.8. The van der Waals surface area contributed by atoms with E-state index in [2.05, 4.69) is 0 Å². The molecular formula is C15H11Cl2FO. The van der Waals surface area contributed by atoms with Gasteiger partial charge < -0.3 is 0 Å². The third-order valence-corrected chi connectivity index (χ3v) is 3.57. The van der Waals surface area contributed by atoms with Crippen LogP contribution < -0.4 is 0 Å². The molecule has 4 heteroatoms. The van der Waals surface area contributed by atoms with Crippen LogP contribution in [-0.2, 0) is 11.2 Å². The molecule has 0 amide bonds. The minimum absolute atomic E-state index is 0.281. The van der Waals surface area contributed by atoms with E-state index >= 15 is 0 Å². The molecule has 0 saturated heterocycles. The van der Waals surface area contributed by atoms with Crippen molar-refractivity contribution in [3.63, 3.8) is 0 Å². The van der Waals surface area contributed by atoms with Crippen LogP contribution in [0.1, 0.15) is 17.0 Å². The Bertz CT molecular complexity index is 598. The molecule has 0 fully saturated rings. The first kappa shape index (κ1) is 14.0.